The van der Waals surface area contributed by atoms with Crippen LogP contribution >= 0.6 is 0 Å². The number of urea groups is 1. The molecule has 2 unspecified atom stereocenters. The molecule has 0 radical (unpaired) electrons. The van der Waals surface area contributed by atoms with Gasteiger partial charge in [0.05, 0.1) is 11.5 Å². The Morgan fingerprint density at radius 1 is 1.30 bits per heavy atom. The monoisotopic (exact) mass is 472 g/mol. The van der Waals surface area contributed by atoms with Crippen LogP contribution in [0.3, 0.4) is 0 Å². The van der Waals surface area contributed by atoms with E-state index in [4.69, 9.17) is 0 Å². The molecule has 8 nitrogen and oxygen atoms in total. The summed E-state index contributed by atoms with van der Waals surface area (Å²) >= 11 is 0. The van der Waals surface area contributed by atoms with Gasteiger partial charge in [-0.25, -0.2) is 9.18 Å². The van der Waals surface area contributed by atoms with Crippen LogP contribution in [0.5, 0.6) is 5.75 Å². The lowest BCUT2D eigenvalue weighted by Gasteiger charge is -2.54. The second-order valence-corrected chi connectivity index (χ2v) is 8.93. The largest absolute Gasteiger partial charge is 0.573 e. The number of piperidine rings is 1. The van der Waals surface area contributed by atoms with E-state index in [1.54, 1.807) is 16.8 Å². The molecule has 2 aliphatic heterocycles. The first-order valence-corrected chi connectivity index (χ1v) is 10.6. The van der Waals surface area contributed by atoms with Crippen molar-refractivity contribution in [2.45, 2.75) is 44.3 Å². The molecule has 3 fully saturated rings. The van der Waals surface area contributed by atoms with E-state index in [0.29, 0.717) is 38.5 Å². The molecule has 33 heavy (non-hydrogen) atoms. The fourth-order valence-electron chi connectivity index (χ4n) is 4.86. The third-order valence-corrected chi connectivity index (χ3v) is 6.32. The van der Waals surface area contributed by atoms with Gasteiger partial charge in [-0.2, -0.15) is 0 Å². The SMILES string of the molecule is CN1CC2(CC(N(C(=O)NCc3ccc(OC(F)(F)F)cc3F)C3CC3)CN(C=O)C2)C1=O. The van der Waals surface area contributed by atoms with Crippen LogP contribution in [0.4, 0.5) is 22.4 Å². The summed E-state index contributed by atoms with van der Waals surface area (Å²) in [5.41, 5.74) is -0.703. The van der Waals surface area contributed by atoms with Gasteiger partial charge in [-0.1, -0.05) is 6.07 Å². The number of hydrogen-bond donors (Lipinski definition) is 1. The number of hydrogen-bond acceptors (Lipinski definition) is 4. The number of halogens is 4. The maximum absolute atomic E-state index is 14.2. The molecule has 4 rings (SSSR count). The number of nitrogens with one attached hydrogen (secondary N) is 1. The molecule has 1 saturated carbocycles. The lowest BCUT2D eigenvalue weighted by atomic mass is 9.71. The summed E-state index contributed by atoms with van der Waals surface area (Å²) in [5, 5.41) is 2.62. The molecule has 2 heterocycles. The number of carbonyl (C=O) groups excluding carboxylic acids is 3. The summed E-state index contributed by atoms with van der Waals surface area (Å²) < 4.78 is 54.8. The van der Waals surface area contributed by atoms with Crippen LogP contribution in [0.2, 0.25) is 0 Å². The first kappa shape index (κ1) is 23.1. The van der Waals surface area contributed by atoms with Gasteiger partial charge >= 0.3 is 12.4 Å². The van der Waals surface area contributed by atoms with Gasteiger partial charge in [0, 0.05) is 50.9 Å². The van der Waals surface area contributed by atoms with Gasteiger partial charge in [0.15, 0.2) is 0 Å². The molecule has 2 saturated heterocycles. The van der Waals surface area contributed by atoms with Crippen LogP contribution in [-0.2, 0) is 16.1 Å². The zero-order valence-electron chi connectivity index (χ0n) is 17.9. The molecule has 12 heteroatoms. The molecule has 1 aliphatic carbocycles. The molecule has 4 amide bonds. The van der Waals surface area contributed by atoms with Crippen molar-refractivity contribution in [2.24, 2.45) is 5.41 Å². The van der Waals surface area contributed by atoms with Crippen molar-refractivity contribution in [3.05, 3.63) is 29.6 Å². The Bertz CT molecular complexity index is 955. The molecule has 3 aliphatic rings. The third-order valence-electron chi connectivity index (χ3n) is 6.32. The Kier molecular flexibility index (Phi) is 5.87. The van der Waals surface area contributed by atoms with E-state index >= 15 is 0 Å². The maximum atomic E-state index is 14.2. The van der Waals surface area contributed by atoms with Gasteiger partial charge < -0.3 is 24.8 Å². The van der Waals surface area contributed by atoms with Crippen molar-refractivity contribution < 1.29 is 36.7 Å². The first-order valence-electron chi connectivity index (χ1n) is 10.6. The normalized spacial score (nSPS) is 25.0. The standard InChI is InChI=1S/C21H24F4N4O4/c1-27-10-20(18(27)31)7-15(9-28(11-20)12-30)29(14-3-4-14)19(32)26-8-13-2-5-16(6-17(13)22)33-21(23,24)25/h2,5-6,12,14-15H,3-4,7-11H2,1H3,(H,26,32). The predicted octanol–water partition coefficient (Wildman–Crippen LogP) is 2.09. The van der Waals surface area contributed by atoms with Gasteiger partial charge in [-0.05, 0) is 25.3 Å². The quantitative estimate of drug-likeness (QED) is 0.391. The molecule has 0 bridgehead atoms. The minimum atomic E-state index is -4.93. The molecule has 0 aromatic heterocycles. The molecule has 1 spiro atoms. The van der Waals surface area contributed by atoms with Crippen molar-refractivity contribution in [3.63, 3.8) is 0 Å². The highest BCUT2D eigenvalue weighted by atomic mass is 19.4. The minimum absolute atomic E-state index is 0.000880. The highest BCUT2D eigenvalue weighted by Gasteiger charge is 2.56. The molecule has 2 atom stereocenters. The van der Waals surface area contributed by atoms with Crippen molar-refractivity contribution in [2.75, 3.05) is 26.7 Å². The number of amides is 4. The average molecular weight is 472 g/mol. The van der Waals surface area contributed by atoms with Gasteiger partial charge in [-0.15, -0.1) is 13.2 Å². The summed E-state index contributed by atoms with van der Waals surface area (Å²) in [7, 11) is 1.69. The van der Waals surface area contributed by atoms with Gasteiger partial charge in [0.1, 0.15) is 11.6 Å². The van der Waals surface area contributed by atoms with Crippen LogP contribution < -0.4 is 10.1 Å². The van der Waals surface area contributed by atoms with Gasteiger partial charge in [-0.3, -0.25) is 9.59 Å². The number of nitrogens with zero attached hydrogens (tertiary/aromatic N) is 3. The van der Waals surface area contributed by atoms with E-state index in [-0.39, 0.29) is 30.1 Å². The lowest BCUT2D eigenvalue weighted by molar-refractivity contribution is -0.274. The average Bonchev–Trinajstić information content (AvgIpc) is 3.57. The summed E-state index contributed by atoms with van der Waals surface area (Å²) in [6.07, 6.45) is -2.26. The van der Waals surface area contributed by atoms with Crippen molar-refractivity contribution in [1.82, 2.24) is 20.0 Å². The summed E-state index contributed by atoms with van der Waals surface area (Å²) in [6, 6.07) is 1.81. The molecule has 1 N–H and O–H groups in total. The molecule has 1 aromatic rings. The fourth-order valence-corrected chi connectivity index (χ4v) is 4.86. The molecule has 1 aromatic carbocycles. The Labute approximate surface area is 187 Å². The van der Waals surface area contributed by atoms with Crippen LogP contribution in [-0.4, -0.2) is 78.2 Å². The number of ether oxygens (including phenoxy) is 1. The Morgan fingerprint density at radius 3 is 2.58 bits per heavy atom. The van der Waals surface area contributed by atoms with Crippen LogP contribution in [0.15, 0.2) is 18.2 Å². The van der Waals surface area contributed by atoms with Crippen molar-refractivity contribution >= 4 is 18.3 Å². The Hall–Kier alpha value is -3.05. The van der Waals surface area contributed by atoms with E-state index in [9.17, 15) is 31.9 Å². The topological polar surface area (TPSA) is 82.2 Å². The summed E-state index contributed by atoms with van der Waals surface area (Å²) in [6.45, 7) is 0.874. The summed E-state index contributed by atoms with van der Waals surface area (Å²) in [4.78, 5) is 41.8. The zero-order valence-corrected chi connectivity index (χ0v) is 17.9. The van der Waals surface area contributed by atoms with E-state index in [1.807, 2.05) is 0 Å². The Morgan fingerprint density at radius 2 is 2.03 bits per heavy atom. The number of carbonyl (C=O) groups is 3. The number of benzene rings is 1. The fraction of sp³-hybridized carbons (Fsp3) is 0.571. The number of β-lactam (4-membered cyclic amide) rings is 1. The van der Waals surface area contributed by atoms with Crippen LogP contribution in [0.1, 0.15) is 24.8 Å². The van der Waals surface area contributed by atoms with Crippen molar-refractivity contribution in [3.8, 4) is 5.75 Å². The van der Waals surface area contributed by atoms with E-state index < -0.39 is 29.4 Å². The number of rotatable bonds is 6. The summed E-state index contributed by atoms with van der Waals surface area (Å²) in [5.74, 6) is -1.69. The third kappa shape index (κ3) is 4.83. The predicted molar refractivity (Wildman–Crippen MR) is 106 cm³/mol. The van der Waals surface area contributed by atoms with E-state index in [0.717, 1.165) is 25.0 Å². The van der Waals surface area contributed by atoms with E-state index in [1.165, 1.54) is 4.90 Å². The van der Waals surface area contributed by atoms with Gasteiger partial charge in [0.25, 0.3) is 0 Å². The second kappa shape index (κ2) is 8.38. The smallest absolute Gasteiger partial charge is 0.406 e. The number of alkyl halides is 3. The minimum Gasteiger partial charge on any atom is -0.406 e. The van der Waals surface area contributed by atoms with Gasteiger partial charge in [0.2, 0.25) is 12.3 Å². The van der Waals surface area contributed by atoms with Crippen molar-refractivity contribution in [1.29, 1.82) is 0 Å². The molecular formula is C21H24F4N4O4. The maximum Gasteiger partial charge on any atom is 0.573 e. The highest BCUT2D eigenvalue weighted by molar-refractivity contribution is 5.89. The molecule has 180 valence electrons. The van der Waals surface area contributed by atoms with Crippen LogP contribution in [0.25, 0.3) is 0 Å². The number of likely N-dealkylation sites (tertiary alicyclic amines) is 2. The highest BCUT2D eigenvalue weighted by Crippen LogP contribution is 2.42. The Balaban J connectivity index is 1.44. The lowest BCUT2D eigenvalue weighted by Crippen LogP contribution is -2.70. The molecular weight excluding hydrogens is 448 g/mol. The van der Waals surface area contributed by atoms with E-state index in [2.05, 4.69) is 10.1 Å². The second-order valence-electron chi connectivity index (χ2n) is 8.93. The van der Waals surface area contributed by atoms with Crippen LogP contribution in [0, 0.1) is 11.2 Å². The zero-order chi connectivity index (χ0) is 24.0. The first-order chi connectivity index (χ1) is 15.5.